The van der Waals surface area contributed by atoms with Crippen LogP contribution in [-0.4, -0.2) is 19.8 Å². The van der Waals surface area contributed by atoms with Gasteiger partial charge in [0.25, 0.3) is 0 Å². The Morgan fingerprint density at radius 1 is 1.15 bits per heavy atom. The summed E-state index contributed by atoms with van der Waals surface area (Å²) < 4.78 is 11.0. The summed E-state index contributed by atoms with van der Waals surface area (Å²) in [6, 6.07) is 6.70. The van der Waals surface area contributed by atoms with Crippen LogP contribution in [0.15, 0.2) is 18.2 Å². The maximum absolute atomic E-state index is 5.54. The number of nitrogens with one attached hydrogen (secondary N) is 1. The minimum Gasteiger partial charge on any atom is -0.493 e. The molecule has 0 heterocycles. The van der Waals surface area contributed by atoms with Gasteiger partial charge in [-0.05, 0) is 86.3 Å². The highest BCUT2D eigenvalue weighted by Gasteiger charge is 2.52. The normalized spacial score (nSPS) is 31.7. The van der Waals surface area contributed by atoms with Gasteiger partial charge in [0, 0.05) is 12.6 Å². The van der Waals surface area contributed by atoms with E-state index in [1.54, 1.807) is 7.11 Å². The largest absolute Gasteiger partial charge is 0.493 e. The van der Waals surface area contributed by atoms with Crippen molar-refractivity contribution in [1.29, 1.82) is 0 Å². The molecule has 4 fully saturated rings. The molecule has 4 aliphatic carbocycles. The van der Waals surface area contributed by atoms with Gasteiger partial charge in [-0.25, -0.2) is 0 Å². The van der Waals surface area contributed by atoms with Gasteiger partial charge in [-0.3, -0.25) is 0 Å². The van der Waals surface area contributed by atoms with E-state index < -0.39 is 0 Å². The van der Waals surface area contributed by atoms with E-state index in [2.05, 4.69) is 30.3 Å². The summed E-state index contributed by atoms with van der Waals surface area (Å²) in [6.07, 6.45) is 14.1. The summed E-state index contributed by atoms with van der Waals surface area (Å²) in [5.74, 6) is 6.95. The Hall–Kier alpha value is -1.37. The van der Waals surface area contributed by atoms with Gasteiger partial charge in [0.15, 0.2) is 11.5 Å². The molecular weight excluding hydrogens is 358 g/mol. The van der Waals surface area contributed by atoms with Crippen molar-refractivity contribution in [3.63, 3.8) is 0 Å². The number of hydrogen-bond acceptors (Lipinski definition) is 3. The van der Waals surface area contributed by atoms with Crippen molar-refractivity contribution in [2.75, 3.05) is 13.7 Å². The van der Waals surface area contributed by atoms with Gasteiger partial charge in [-0.1, -0.05) is 12.0 Å². The van der Waals surface area contributed by atoms with Crippen LogP contribution in [-0.2, 0) is 6.54 Å². The molecule has 4 aliphatic rings. The second kappa shape index (κ2) is 8.33. The summed E-state index contributed by atoms with van der Waals surface area (Å²) in [4.78, 5) is 0. The molecule has 1 aromatic rings. The van der Waals surface area contributed by atoms with Gasteiger partial charge < -0.3 is 14.8 Å². The number of terminal acetylenes is 1. The Labute approximate surface area is 170 Å². The van der Waals surface area contributed by atoms with E-state index in [-0.39, 0.29) is 19.0 Å². The van der Waals surface area contributed by atoms with E-state index in [1.165, 1.54) is 44.1 Å². The van der Waals surface area contributed by atoms with Crippen molar-refractivity contribution >= 4 is 12.4 Å². The fourth-order valence-electron chi connectivity index (χ4n) is 6.26. The number of hydrogen-bond donors (Lipinski definition) is 1. The van der Waals surface area contributed by atoms with Gasteiger partial charge >= 0.3 is 0 Å². The molecule has 4 heteroatoms. The third-order valence-corrected chi connectivity index (χ3v) is 7.16. The molecule has 4 bridgehead atoms. The lowest BCUT2D eigenvalue weighted by atomic mass is 9.48. The number of ether oxygens (including phenoxy) is 2. The van der Waals surface area contributed by atoms with Crippen LogP contribution < -0.4 is 14.8 Å². The van der Waals surface area contributed by atoms with Crippen LogP contribution in [0.5, 0.6) is 11.5 Å². The molecule has 27 heavy (non-hydrogen) atoms. The van der Waals surface area contributed by atoms with Crippen LogP contribution in [0.4, 0.5) is 0 Å². The average molecular weight is 390 g/mol. The first-order valence-electron chi connectivity index (χ1n) is 10.1. The molecule has 0 aliphatic heterocycles. The van der Waals surface area contributed by atoms with Crippen LogP contribution >= 0.6 is 12.4 Å². The second-order valence-electron chi connectivity index (χ2n) is 8.86. The third kappa shape index (κ3) is 4.08. The second-order valence-corrected chi connectivity index (χ2v) is 8.86. The zero-order valence-corrected chi connectivity index (χ0v) is 17.3. The van der Waals surface area contributed by atoms with Gasteiger partial charge in [0.1, 0.15) is 6.61 Å². The highest BCUT2D eigenvalue weighted by Crippen LogP contribution is 2.61. The van der Waals surface area contributed by atoms with E-state index in [1.807, 2.05) is 6.07 Å². The minimum atomic E-state index is 0. The molecule has 1 unspecified atom stereocenters. The molecule has 0 aromatic heterocycles. The van der Waals surface area contributed by atoms with Crippen LogP contribution in [0.3, 0.4) is 0 Å². The summed E-state index contributed by atoms with van der Waals surface area (Å²) in [6.45, 7) is 3.54. The van der Waals surface area contributed by atoms with Crippen molar-refractivity contribution in [3.8, 4) is 23.8 Å². The SMILES string of the molecule is C#CCOc1ccc(CNC(C)C23CC4CC(CC(C4)C2)C3)cc1OC.Cl. The van der Waals surface area contributed by atoms with Crippen molar-refractivity contribution in [2.24, 2.45) is 23.2 Å². The molecule has 1 N–H and O–H groups in total. The monoisotopic (exact) mass is 389 g/mol. The number of halogens is 1. The van der Waals surface area contributed by atoms with E-state index in [0.29, 0.717) is 17.2 Å². The van der Waals surface area contributed by atoms with Crippen molar-refractivity contribution in [2.45, 2.75) is 58.0 Å². The lowest BCUT2D eigenvalue weighted by Crippen LogP contribution is -2.54. The van der Waals surface area contributed by atoms with E-state index in [9.17, 15) is 0 Å². The average Bonchev–Trinajstić information content (AvgIpc) is 2.63. The van der Waals surface area contributed by atoms with Crippen molar-refractivity contribution in [1.82, 2.24) is 5.32 Å². The first kappa shape index (κ1) is 20.4. The molecule has 1 atom stereocenters. The highest BCUT2D eigenvalue weighted by atomic mass is 35.5. The fourth-order valence-corrected chi connectivity index (χ4v) is 6.26. The van der Waals surface area contributed by atoms with Crippen LogP contribution in [0.1, 0.15) is 51.0 Å². The Morgan fingerprint density at radius 2 is 1.78 bits per heavy atom. The van der Waals surface area contributed by atoms with Gasteiger partial charge in [0.2, 0.25) is 0 Å². The highest BCUT2D eigenvalue weighted by molar-refractivity contribution is 5.85. The summed E-state index contributed by atoms with van der Waals surface area (Å²) in [7, 11) is 1.67. The van der Waals surface area contributed by atoms with Gasteiger partial charge in [0.05, 0.1) is 7.11 Å². The van der Waals surface area contributed by atoms with E-state index >= 15 is 0 Å². The summed E-state index contributed by atoms with van der Waals surface area (Å²) in [5, 5.41) is 3.84. The van der Waals surface area contributed by atoms with Crippen LogP contribution in [0.25, 0.3) is 0 Å². The lowest BCUT2D eigenvalue weighted by molar-refractivity contribution is -0.0706. The minimum absolute atomic E-state index is 0. The van der Waals surface area contributed by atoms with Gasteiger partial charge in [-0.2, -0.15) is 0 Å². The van der Waals surface area contributed by atoms with Crippen LogP contribution in [0.2, 0.25) is 0 Å². The molecule has 4 saturated carbocycles. The third-order valence-electron chi connectivity index (χ3n) is 7.16. The fraction of sp³-hybridized carbons (Fsp3) is 0.652. The summed E-state index contributed by atoms with van der Waals surface area (Å²) >= 11 is 0. The molecule has 0 amide bonds. The molecule has 3 nitrogen and oxygen atoms in total. The molecule has 0 radical (unpaired) electrons. The number of methoxy groups -OCH3 is 1. The number of rotatable bonds is 7. The quantitative estimate of drug-likeness (QED) is 0.678. The standard InChI is InChI=1S/C23H31NO2.ClH/c1-4-7-26-21-6-5-17(11-22(21)25-3)15-24-16(2)23-12-18-8-19(13-23)10-20(9-18)14-23;/h1,5-6,11,16,18-20,24H,7-10,12-15H2,2-3H3;1H. The Morgan fingerprint density at radius 3 is 2.33 bits per heavy atom. The predicted molar refractivity (Wildman–Crippen MR) is 111 cm³/mol. The lowest BCUT2D eigenvalue weighted by Gasteiger charge is -2.59. The predicted octanol–water partition coefficient (Wildman–Crippen LogP) is 4.82. The zero-order valence-electron chi connectivity index (χ0n) is 16.5. The smallest absolute Gasteiger partial charge is 0.162 e. The Kier molecular flexibility index (Phi) is 6.28. The summed E-state index contributed by atoms with van der Waals surface area (Å²) in [5.41, 5.74) is 1.76. The van der Waals surface area contributed by atoms with Crippen LogP contribution in [0, 0.1) is 35.5 Å². The molecular formula is C23H32ClNO2. The van der Waals surface area contributed by atoms with Crippen molar-refractivity contribution in [3.05, 3.63) is 23.8 Å². The topological polar surface area (TPSA) is 30.5 Å². The maximum Gasteiger partial charge on any atom is 0.162 e. The Balaban J connectivity index is 0.00000210. The first-order valence-corrected chi connectivity index (χ1v) is 10.1. The molecule has 148 valence electrons. The van der Waals surface area contributed by atoms with E-state index in [4.69, 9.17) is 15.9 Å². The zero-order chi connectivity index (χ0) is 18.1. The first-order chi connectivity index (χ1) is 12.6. The Bertz CT molecular complexity index is 661. The molecule has 0 saturated heterocycles. The number of benzene rings is 1. The van der Waals surface area contributed by atoms with Gasteiger partial charge in [-0.15, -0.1) is 18.8 Å². The molecule has 0 spiro atoms. The molecule has 5 rings (SSSR count). The van der Waals surface area contributed by atoms with Crippen molar-refractivity contribution < 1.29 is 9.47 Å². The maximum atomic E-state index is 5.54. The van der Waals surface area contributed by atoms with E-state index in [0.717, 1.165) is 30.0 Å². The molecule has 1 aromatic carbocycles.